The average molecular weight is 449 g/mol. The number of benzene rings is 1. The fourth-order valence-electron chi connectivity index (χ4n) is 3.57. The molecule has 3 rings (SSSR count). The Morgan fingerprint density at radius 3 is 2.61 bits per heavy atom. The number of nitrogens with one attached hydrogen (secondary N) is 1. The van der Waals surface area contributed by atoms with E-state index >= 15 is 0 Å². The summed E-state index contributed by atoms with van der Waals surface area (Å²) in [5.74, 6) is -1.23. The maximum atomic E-state index is 13.1. The number of halogens is 1. The second-order valence-electron chi connectivity index (χ2n) is 8.10. The smallest absolute Gasteiger partial charge is 0.296 e. The van der Waals surface area contributed by atoms with Crippen LogP contribution in [0.2, 0.25) is 0 Å². The maximum Gasteiger partial charge on any atom is 0.296 e. The predicted octanol–water partition coefficient (Wildman–Crippen LogP) is 2.26. The van der Waals surface area contributed by atoms with Gasteiger partial charge in [-0.05, 0) is 58.3 Å². The molecule has 0 spiro atoms. The summed E-state index contributed by atoms with van der Waals surface area (Å²) < 4.78 is 18.7. The van der Waals surface area contributed by atoms with Gasteiger partial charge in [0.25, 0.3) is 11.5 Å². The van der Waals surface area contributed by atoms with Crippen molar-refractivity contribution >= 4 is 19.4 Å². The zero-order valence-corrected chi connectivity index (χ0v) is 19.2. The van der Waals surface area contributed by atoms with Crippen LogP contribution in [0.25, 0.3) is 0 Å². The van der Waals surface area contributed by atoms with Crippen molar-refractivity contribution in [3.05, 3.63) is 57.5 Å². The Hall–Kier alpha value is -2.48. The summed E-state index contributed by atoms with van der Waals surface area (Å²) in [6.07, 6.45) is 5.90. The van der Waals surface area contributed by atoms with Gasteiger partial charge in [0.05, 0.1) is 6.04 Å². The van der Waals surface area contributed by atoms with Crippen molar-refractivity contribution < 1.29 is 14.3 Å². The molecule has 0 fully saturated rings. The van der Waals surface area contributed by atoms with Gasteiger partial charge in [0, 0.05) is 20.3 Å². The first-order valence-electron chi connectivity index (χ1n) is 10.0. The van der Waals surface area contributed by atoms with Gasteiger partial charge in [0.15, 0.2) is 5.69 Å². The van der Waals surface area contributed by atoms with E-state index in [9.17, 15) is 19.1 Å². The first kappa shape index (κ1) is 23.2. The van der Waals surface area contributed by atoms with E-state index in [0.29, 0.717) is 17.9 Å². The molecular formula is C21H29FN5O3P. The molecule has 1 aliphatic rings. The van der Waals surface area contributed by atoms with Crippen LogP contribution < -0.4 is 10.9 Å². The van der Waals surface area contributed by atoms with E-state index in [1.807, 2.05) is 21.1 Å². The largest absolute Gasteiger partial charge is 0.501 e. The van der Waals surface area contributed by atoms with Gasteiger partial charge in [-0.3, -0.25) is 23.5 Å². The molecule has 0 bridgehead atoms. The first-order valence-corrected chi connectivity index (χ1v) is 12.3. The lowest BCUT2D eigenvalue weighted by molar-refractivity contribution is 0.0940. The Labute approximate surface area is 181 Å². The molecule has 0 saturated carbocycles. The molecule has 0 saturated heterocycles. The van der Waals surface area contributed by atoms with Crippen molar-refractivity contribution in [2.24, 2.45) is 0 Å². The van der Waals surface area contributed by atoms with Gasteiger partial charge in [-0.15, -0.1) is 0 Å². The fourth-order valence-corrected chi connectivity index (χ4v) is 4.95. The third-order valence-corrected chi connectivity index (χ3v) is 9.27. The normalized spacial score (nSPS) is 18.0. The lowest BCUT2D eigenvalue weighted by Gasteiger charge is -2.42. The first-order chi connectivity index (χ1) is 14.5. The fraction of sp³-hybridized carbons (Fsp3) is 0.429. The maximum absolute atomic E-state index is 13.1. The van der Waals surface area contributed by atoms with Crippen LogP contribution in [0.5, 0.6) is 5.75 Å². The minimum absolute atomic E-state index is 0.116. The highest BCUT2D eigenvalue weighted by molar-refractivity contribution is 7.68. The number of hydrogen-bond acceptors (Lipinski definition) is 6. The number of carbonyl (C=O) groups is 1. The number of amides is 1. The molecule has 2 unspecified atom stereocenters. The van der Waals surface area contributed by atoms with Crippen molar-refractivity contribution in [1.29, 1.82) is 0 Å². The Morgan fingerprint density at radius 2 is 2.00 bits per heavy atom. The quantitative estimate of drug-likeness (QED) is 0.658. The van der Waals surface area contributed by atoms with Crippen molar-refractivity contribution in [2.45, 2.75) is 32.0 Å². The van der Waals surface area contributed by atoms with Crippen LogP contribution in [0.15, 0.2) is 29.1 Å². The standard InChI is InChI=1S/C21H29FN5O3P/c1-25(2)31(4,5)26(3)16-7-6-12-27-19(16)24-17(18(28)21(27)30)20(29)23-13-14-8-10-15(22)11-9-14/h8-11,16,28H,4,6-7,12-13H2,1-3,5H3,(H,23,29). The number of aromatic nitrogens is 2. The summed E-state index contributed by atoms with van der Waals surface area (Å²) in [6, 6.07) is 5.49. The molecule has 10 heteroatoms. The van der Waals surface area contributed by atoms with E-state index in [4.69, 9.17) is 0 Å². The predicted molar refractivity (Wildman–Crippen MR) is 121 cm³/mol. The molecule has 168 valence electrons. The Bertz CT molecular complexity index is 1080. The Kier molecular flexibility index (Phi) is 6.69. The van der Waals surface area contributed by atoms with E-state index in [1.54, 1.807) is 12.1 Å². The summed E-state index contributed by atoms with van der Waals surface area (Å²) in [7, 11) is 4.00. The number of nitrogens with zero attached hydrogens (tertiary/aromatic N) is 4. The SMILES string of the molecule is C=P(C)(N(C)C)N(C)C1CCCn2c1nc(C(=O)NCc1ccc(F)cc1)c(O)c2=O. The molecule has 2 aromatic rings. The third-order valence-electron chi connectivity index (χ3n) is 5.91. The molecule has 0 aliphatic carbocycles. The molecule has 2 N–H and O–H groups in total. The number of hydrogen-bond donors (Lipinski definition) is 2. The monoisotopic (exact) mass is 449 g/mol. The van der Waals surface area contributed by atoms with Crippen molar-refractivity contribution in [3.8, 4) is 5.75 Å². The summed E-state index contributed by atoms with van der Waals surface area (Å²) in [5, 5.41) is 13.0. The van der Waals surface area contributed by atoms with Crippen molar-refractivity contribution in [2.75, 3.05) is 27.8 Å². The summed E-state index contributed by atoms with van der Waals surface area (Å²) in [4.78, 5) is 30.0. The van der Waals surface area contributed by atoms with Gasteiger partial charge in [-0.25, -0.2) is 9.37 Å². The lowest BCUT2D eigenvalue weighted by atomic mass is 10.1. The minimum atomic E-state index is -1.88. The molecular weight excluding hydrogens is 420 g/mol. The van der Waals surface area contributed by atoms with E-state index in [2.05, 4.69) is 32.6 Å². The van der Waals surface area contributed by atoms with Crippen LogP contribution in [-0.4, -0.2) is 64.0 Å². The number of carbonyl (C=O) groups excluding carboxylic acids is 1. The number of aromatic hydroxyl groups is 1. The molecule has 1 aromatic heterocycles. The molecule has 31 heavy (non-hydrogen) atoms. The van der Waals surface area contributed by atoms with Gasteiger partial charge in [-0.1, -0.05) is 18.4 Å². The highest BCUT2D eigenvalue weighted by Gasteiger charge is 2.34. The van der Waals surface area contributed by atoms with Gasteiger partial charge in [-0.2, -0.15) is 0 Å². The number of rotatable bonds is 6. The highest BCUT2D eigenvalue weighted by atomic mass is 31.2. The van der Waals surface area contributed by atoms with Crippen LogP contribution >= 0.6 is 7.19 Å². The highest BCUT2D eigenvalue weighted by Crippen LogP contribution is 2.51. The van der Waals surface area contributed by atoms with E-state index < -0.39 is 24.4 Å². The molecule has 0 radical (unpaired) electrons. The van der Waals surface area contributed by atoms with Gasteiger partial charge in [0.1, 0.15) is 11.6 Å². The van der Waals surface area contributed by atoms with Crippen LogP contribution in [-0.2, 0) is 13.1 Å². The lowest BCUT2D eigenvalue weighted by Crippen LogP contribution is -2.39. The molecule has 2 heterocycles. The molecule has 8 nitrogen and oxygen atoms in total. The third kappa shape index (κ3) is 4.59. The summed E-state index contributed by atoms with van der Waals surface area (Å²) >= 11 is 0. The topological polar surface area (TPSA) is 90.7 Å². The van der Waals surface area contributed by atoms with Crippen molar-refractivity contribution in [1.82, 2.24) is 24.2 Å². The van der Waals surface area contributed by atoms with Crippen LogP contribution in [0, 0.1) is 5.82 Å². The zero-order chi connectivity index (χ0) is 22.9. The second-order valence-corrected chi connectivity index (χ2v) is 11.7. The average Bonchev–Trinajstić information content (AvgIpc) is 2.74. The molecule has 1 amide bonds. The van der Waals surface area contributed by atoms with Gasteiger partial charge in [0.2, 0.25) is 5.75 Å². The van der Waals surface area contributed by atoms with E-state index in [0.717, 1.165) is 12.8 Å². The van der Waals surface area contributed by atoms with E-state index in [-0.39, 0.29) is 24.1 Å². The minimum Gasteiger partial charge on any atom is -0.501 e. The number of fused-ring (bicyclic) bond motifs is 1. The van der Waals surface area contributed by atoms with E-state index in [1.165, 1.54) is 16.7 Å². The Balaban J connectivity index is 1.94. The van der Waals surface area contributed by atoms with Gasteiger partial charge < -0.3 is 10.4 Å². The van der Waals surface area contributed by atoms with Crippen molar-refractivity contribution in [3.63, 3.8) is 0 Å². The molecule has 2 atom stereocenters. The molecule has 1 aliphatic heterocycles. The van der Waals surface area contributed by atoms with Gasteiger partial charge >= 0.3 is 0 Å². The van der Waals surface area contributed by atoms with Crippen LogP contribution in [0.3, 0.4) is 0 Å². The second kappa shape index (κ2) is 8.94. The van der Waals surface area contributed by atoms with Crippen LogP contribution in [0.4, 0.5) is 4.39 Å². The summed E-state index contributed by atoms with van der Waals surface area (Å²) in [5.41, 5.74) is -0.235. The zero-order valence-electron chi connectivity index (χ0n) is 18.3. The molecule has 1 aromatic carbocycles. The summed E-state index contributed by atoms with van der Waals surface area (Å²) in [6.45, 7) is 2.62. The Morgan fingerprint density at radius 1 is 1.35 bits per heavy atom. The van der Waals surface area contributed by atoms with Crippen LogP contribution in [0.1, 0.15) is 40.8 Å².